The highest BCUT2D eigenvalue weighted by atomic mass is 16.4. The molecule has 2 heterocycles. The van der Waals surface area contributed by atoms with Crippen molar-refractivity contribution in [1.29, 1.82) is 0 Å². The van der Waals surface area contributed by atoms with E-state index in [9.17, 15) is 4.79 Å². The lowest BCUT2D eigenvalue weighted by Gasteiger charge is -2.24. The monoisotopic (exact) mass is 283 g/mol. The van der Waals surface area contributed by atoms with Crippen molar-refractivity contribution >= 4 is 11.5 Å². The van der Waals surface area contributed by atoms with E-state index in [0.717, 1.165) is 24.2 Å². The quantitative estimate of drug-likeness (QED) is 0.933. The first kappa shape index (κ1) is 13.6. The summed E-state index contributed by atoms with van der Waals surface area (Å²) in [6, 6.07) is 9.98. The molecule has 0 fully saturated rings. The molecule has 0 saturated carbocycles. The van der Waals surface area contributed by atoms with E-state index in [1.165, 1.54) is 5.57 Å². The summed E-state index contributed by atoms with van der Waals surface area (Å²) in [4.78, 5) is 12.6. The summed E-state index contributed by atoms with van der Waals surface area (Å²) in [5.41, 5.74) is 3.38. The first-order chi connectivity index (χ1) is 10.2. The van der Waals surface area contributed by atoms with Gasteiger partial charge in [-0.3, -0.25) is 9.69 Å². The Bertz CT molecular complexity index is 661. The second-order valence-corrected chi connectivity index (χ2v) is 5.12. The maximum absolute atomic E-state index is 10.7. The molecule has 1 aliphatic rings. The van der Waals surface area contributed by atoms with E-state index < -0.39 is 5.97 Å². The first-order valence-corrected chi connectivity index (χ1v) is 6.96. The molecule has 108 valence electrons. The van der Waals surface area contributed by atoms with E-state index in [1.54, 1.807) is 0 Å². The molecule has 0 spiro atoms. The summed E-state index contributed by atoms with van der Waals surface area (Å²) < 4.78 is 1.86. The lowest BCUT2D eigenvalue weighted by molar-refractivity contribution is -0.138. The van der Waals surface area contributed by atoms with Gasteiger partial charge < -0.3 is 5.11 Å². The lowest BCUT2D eigenvalue weighted by Crippen LogP contribution is -2.33. The van der Waals surface area contributed by atoms with Crippen LogP contribution in [0.25, 0.3) is 11.3 Å². The molecular formula is C16H17N3O2. The van der Waals surface area contributed by atoms with Gasteiger partial charge in [-0.1, -0.05) is 24.3 Å². The molecule has 0 radical (unpaired) electrons. The lowest BCUT2D eigenvalue weighted by atomic mass is 10.0. The summed E-state index contributed by atoms with van der Waals surface area (Å²) >= 11 is 0. The number of rotatable bonds is 4. The van der Waals surface area contributed by atoms with Gasteiger partial charge in [-0.2, -0.15) is 5.10 Å². The molecule has 2 aromatic rings. The smallest absolute Gasteiger partial charge is 0.317 e. The predicted octanol–water partition coefficient (Wildman–Crippen LogP) is 2.05. The molecule has 0 unspecified atom stereocenters. The van der Waals surface area contributed by atoms with Crippen molar-refractivity contribution in [3.05, 3.63) is 54.4 Å². The average molecular weight is 283 g/mol. The predicted molar refractivity (Wildman–Crippen MR) is 80.2 cm³/mol. The van der Waals surface area contributed by atoms with E-state index >= 15 is 0 Å². The van der Waals surface area contributed by atoms with Crippen molar-refractivity contribution in [2.45, 2.75) is 6.42 Å². The second-order valence-electron chi connectivity index (χ2n) is 5.12. The zero-order chi connectivity index (χ0) is 14.7. The van der Waals surface area contributed by atoms with Gasteiger partial charge >= 0.3 is 5.97 Å². The fourth-order valence-corrected chi connectivity index (χ4v) is 2.52. The molecule has 1 N–H and O–H groups in total. The minimum atomic E-state index is -0.774. The number of aromatic nitrogens is 2. The van der Waals surface area contributed by atoms with Crippen LogP contribution in [0.4, 0.5) is 0 Å². The molecular weight excluding hydrogens is 266 g/mol. The van der Waals surface area contributed by atoms with Crippen LogP contribution in [0.3, 0.4) is 0 Å². The second kappa shape index (κ2) is 5.93. The van der Waals surface area contributed by atoms with Crippen LogP contribution in [0.5, 0.6) is 0 Å². The van der Waals surface area contributed by atoms with Crippen molar-refractivity contribution in [1.82, 2.24) is 14.7 Å². The van der Waals surface area contributed by atoms with Gasteiger partial charge in [-0.05, 0) is 24.1 Å². The van der Waals surface area contributed by atoms with E-state index in [-0.39, 0.29) is 6.54 Å². The van der Waals surface area contributed by atoms with E-state index in [0.29, 0.717) is 6.54 Å². The highest BCUT2D eigenvalue weighted by Gasteiger charge is 2.16. The Kier molecular flexibility index (Phi) is 3.83. The van der Waals surface area contributed by atoms with E-state index in [4.69, 9.17) is 5.11 Å². The maximum Gasteiger partial charge on any atom is 0.317 e. The molecule has 1 aromatic heterocycles. The number of hydrogen-bond donors (Lipinski definition) is 1. The van der Waals surface area contributed by atoms with Gasteiger partial charge in [0.1, 0.15) is 0 Å². The Hall–Kier alpha value is -2.40. The summed E-state index contributed by atoms with van der Waals surface area (Å²) in [6.07, 6.45) is 6.84. The Morgan fingerprint density at radius 3 is 2.76 bits per heavy atom. The molecule has 0 bridgehead atoms. The van der Waals surface area contributed by atoms with Crippen molar-refractivity contribution in [3.8, 4) is 5.69 Å². The minimum Gasteiger partial charge on any atom is -0.480 e. The molecule has 1 aromatic carbocycles. The molecule has 3 rings (SSSR count). The van der Waals surface area contributed by atoms with Crippen molar-refractivity contribution in [2.75, 3.05) is 19.6 Å². The van der Waals surface area contributed by atoms with Crippen LogP contribution in [0, 0.1) is 0 Å². The molecule has 1 aliphatic heterocycles. The number of carboxylic acid groups (broad SMARTS) is 1. The van der Waals surface area contributed by atoms with Crippen LogP contribution in [-0.2, 0) is 4.79 Å². The minimum absolute atomic E-state index is 0.104. The number of carboxylic acids is 1. The first-order valence-electron chi connectivity index (χ1n) is 6.96. The Labute approximate surface area is 123 Å². The zero-order valence-corrected chi connectivity index (χ0v) is 11.6. The van der Waals surface area contributed by atoms with E-state index in [2.05, 4.69) is 11.2 Å². The average Bonchev–Trinajstić information content (AvgIpc) is 2.98. The number of benzene rings is 1. The van der Waals surface area contributed by atoms with Gasteiger partial charge in [0.2, 0.25) is 0 Å². The zero-order valence-electron chi connectivity index (χ0n) is 11.6. The van der Waals surface area contributed by atoms with Gasteiger partial charge in [0, 0.05) is 24.8 Å². The number of nitrogens with zero attached hydrogens (tertiary/aromatic N) is 3. The summed E-state index contributed by atoms with van der Waals surface area (Å²) in [5.74, 6) is -0.774. The van der Waals surface area contributed by atoms with Gasteiger partial charge in [0.25, 0.3) is 0 Å². The topological polar surface area (TPSA) is 58.4 Å². The van der Waals surface area contributed by atoms with Gasteiger partial charge in [-0.25, -0.2) is 4.68 Å². The van der Waals surface area contributed by atoms with Crippen molar-refractivity contribution in [2.24, 2.45) is 0 Å². The summed E-state index contributed by atoms with van der Waals surface area (Å²) in [6.45, 7) is 1.56. The number of hydrogen-bond acceptors (Lipinski definition) is 3. The number of carbonyl (C=O) groups is 1. The largest absolute Gasteiger partial charge is 0.480 e. The van der Waals surface area contributed by atoms with Crippen LogP contribution in [0.1, 0.15) is 12.0 Å². The SMILES string of the molecule is O=C(O)CN1CC=C(c2cnn(-c3ccccc3)c2)CC1. The Morgan fingerprint density at radius 1 is 1.29 bits per heavy atom. The third kappa shape index (κ3) is 3.20. The number of aliphatic carboxylic acids is 1. The Balaban J connectivity index is 1.73. The molecule has 5 nitrogen and oxygen atoms in total. The normalized spacial score (nSPS) is 15.7. The van der Waals surface area contributed by atoms with Gasteiger partial charge in [0.15, 0.2) is 0 Å². The Morgan fingerprint density at radius 2 is 2.10 bits per heavy atom. The molecule has 0 aliphatic carbocycles. The van der Waals surface area contributed by atoms with Crippen LogP contribution in [0.15, 0.2) is 48.8 Å². The standard InChI is InChI=1S/C16H17N3O2/c20-16(21)12-18-8-6-13(7-9-18)14-10-17-19(11-14)15-4-2-1-3-5-15/h1-6,10-11H,7-9,12H2,(H,20,21). The van der Waals surface area contributed by atoms with E-state index in [1.807, 2.05) is 52.3 Å². The maximum atomic E-state index is 10.7. The molecule has 0 saturated heterocycles. The van der Waals surface area contributed by atoms with Crippen molar-refractivity contribution in [3.63, 3.8) is 0 Å². The molecule has 5 heteroatoms. The summed E-state index contributed by atoms with van der Waals surface area (Å²) in [5, 5.41) is 13.2. The van der Waals surface area contributed by atoms with Gasteiger partial charge in [0.05, 0.1) is 18.4 Å². The molecule has 0 amide bonds. The number of para-hydroxylation sites is 1. The van der Waals surface area contributed by atoms with Gasteiger partial charge in [-0.15, -0.1) is 0 Å². The van der Waals surface area contributed by atoms with Crippen LogP contribution >= 0.6 is 0 Å². The highest BCUT2D eigenvalue weighted by molar-refractivity contribution is 5.70. The molecule has 0 atom stereocenters. The fourth-order valence-electron chi connectivity index (χ4n) is 2.52. The van der Waals surface area contributed by atoms with Crippen LogP contribution in [0.2, 0.25) is 0 Å². The highest BCUT2D eigenvalue weighted by Crippen LogP contribution is 2.22. The van der Waals surface area contributed by atoms with Crippen LogP contribution < -0.4 is 0 Å². The molecule has 21 heavy (non-hydrogen) atoms. The summed E-state index contributed by atoms with van der Waals surface area (Å²) in [7, 11) is 0. The third-order valence-corrected chi connectivity index (χ3v) is 3.63. The fraction of sp³-hybridized carbons (Fsp3) is 0.250. The van der Waals surface area contributed by atoms with Crippen LogP contribution in [-0.4, -0.2) is 45.4 Å². The van der Waals surface area contributed by atoms with Crippen molar-refractivity contribution < 1.29 is 9.90 Å². The third-order valence-electron chi connectivity index (χ3n) is 3.63.